The van der Waals surface area contributed by atoms with Crippen LogP contribution in [0.15, 0.2) is 34.1 Å². The molecule has 3 N–H and O–H groups in total. The average Bonchev–Trinajstić information content (AvgIpc) is 2.57. The number of anilines is 1. The number of nitrogen functional groups attached to an aromatic ring is 1. The number of esters is 1. The van der Waals surface area contributed by atoms with Crippen LogP contribution in [0.1, 0.15) is 17.3 Å². The van der Waals surface area contributed by atoms with E-state index in [4.69, 9.17) is 15.9 Å². The minimum atomic E-state index is -1.72. The number of halogens is 3. The number of ether oxygens (including phenoxy) is 1. The predicted molar refractivity (Wildman–Crippen MR) is 88.1 cm³/mol. The van der Waals surface area contributed by atoms with Crippen LogP contribution >= 0.6 is 11.8 Å². The Morgan fingerprint density at radius 3 is 2.42 bits per heavy atom. The van der Waals surface area contributed by atoms with E-state index in [0.717, 1.165) is 6.92 Å². The fourth-order valence-corrected chi connectivity index (χ4v) is 3.41. The number of nitrogens with two attached hydrogens (primary N) is 1. The maximum absolute atomic E-state index is 14.7. The van der Waals surface area contributed by atoms with Gasteiger partial charge in [-0.1, -0.05) is 23.9 Å². The quantitative estimate of drug-likeness (QED) is 0.212. The molecule has 0 bridgehead atoms. The SMILES string of the molecule is CC(=N)C1C(=O)Oc2c(F)c(Sc3ccccc3N)c(F)c(F)c2C1=O. The van der Waals surface area contributed by atoms with Crippen molar-refractivity contribution in [2.24, 2.45) is 5.92 Å². The summed E-state index contributed by atoms with van der Waals surface area (Å²) in [5.74, 6) is -9.74. The number of carbonyl (C=O) groups excluding carboxylic acids is 2. The standard InChI is InChI=1S/C17H11F3N2O3S/c1-6(21)9-14(23)10-11(18)12(19)16(13(20)15(10)25-17(9)24)26-8-5-3-2-4-7(8)22/h2-5,9,21H,22H2,1H3. The van der Waals surface area contributed by atoms with Gasteiger partial charge in [-0.05, 0) is 19.1 Å². The molecule has 0 aliphatic carbocycles. The summed E-state index contributed by atoms with van der Waals surface area (Å²) in [5.41, 5.74) is 4.50. The van der Waals surface area contributed by atoms with Crippen molar-refractivity contribution < 1.29 is 27.5 Å². The number of hydrogen-bond acceptors (Lipinski definition) is 6. The van der Waals surface area contributed by atoms with E-state index >= 15 is 0 Å². The van der Waals surface area contributed by atoms with Crippen molar-refractivity contribution in [3.05, 3.63) is 47.3 Å². The molecular weight excluding hydrogens is 369 g/mol. The van der Waals surface area contributed by atoms with E-state index in [1.165, 1.54) is 12.1 Å². The number of nitrogens with one attached hydrogen (secondary N) is 1. The Kier molecular flexibility index (Phi) is 4.49. The topological polar surface area (TPSA) is 93.2 Å². The van der Waals surface area contributed by atoms with Crippen LogP contribution < -0.4 is 10.5 Å². The fourth-order valence-electron chi connectivity index (χ4n) is 2.49. The molecule has 0 aromatic heterocycles. The summed E-state index contributed by atoms with van der Waals surface area (Å²) < 4.78 is 48.4. The van der Waals surface area contributed by atoms with Crippen LogP contribution in [0.2, 0.25) is 0 Å². The van der Waals surface area contributed by atoms with Crippen LogP contribution in [0, 0.1) is 28.8 Å². The van der Waals surface area contributed by atoms with Gasteiger partial charge in [0.15, 0.2) is 34.9 Å². The van der Waals surface area contributed by atoms with Gasteiger partial charge < -0.3 is 15.9 Å². The number of para-hydroxylation sites is 1. The summed E-state index contributed by atoms with van der Waals surface area (Å²) in [6.07, 6.45) is 0. The van der Waals surface area contributed by atoms with E-state index in [0.29, 0.717) is 11.8 Å². The number of hydrogen-bond donors (Lipinski definition) is 2. The normalized spacial score (nSPS) is 16.2. The van der Waals surface area contributed by atoms with E-state index < -0.39 is 57.0 Å². The van der Waals surface area contributed by atoms with Crippen molar-refractivity contribution in [1.82, 2.24) is 0 Å². The van der Waals surface area contributed by atoms with Gasteiger partial charge in [0, 0.05) is 16.3 Å². The number of benzene rings is 2. The first-order valence-corrected chi connectivity index (χ1v) is 8.09. The largest absolute Gasteiger partial charge is 0.422 e. The van der Waals surface area contributed by atoms with Crippen LogP contribution in [-0.2, 0) is 4.79 Å². The van der Waals surface area contributed by atoms with Gasteiger partial charge in [-0.3, -0.25) is 9.59 Å². The van der Waals surface area contributed by atoms with Gasteiger partial charge in [-0.25, -0.2) is 13.2 Å². The van der Waals surface area contributed by atoms with Crippen molar-refractivity contribution in [1.29, 1.82) is 5.41 Å². The van der Waals surface area contributed by atoms with Crippen LogP contribution in [0.4, 0.5) is 18.9 Å². The van der Waals surface area contributed by atoms with E-state index in [1.54, 1.807) is 12.1 Å². The highest BCUT2D eigenvalue weighted by molar-refractivity contribution is 7.99. The second kappa shape index (κ2) is 6.49. The Bertz CT molecular complexity index is 978. The van der Waals surface area contributed by atoms with Crippen molar-refractivity contribution in [3.8, 4) is 5.75 Å². The summed E-state index contributed by atoms with van der Waals surface area (Å²) >= 11 is 0.504. The molecule has 0 saturated carbocycles. The average molecular weight is 380 g/mol. The molecule has 3 rings (SSSR count). The van der Waals surface area contributed by atoms with Crippen molar-refractivity contribution in [3.63, 3.8) is 0 Å². The van der Waals surface area contributed by atoms with Crippen LogP contribution in [-0.4, -0.2) is 17.5 Å². The number of carbonyl (C=O) groups is 2. The van der Waals surface area contributed by atoms with Gasteiger partial charge in [-0.2, -0.15) is 0 Å². The minimum absolute atomic E-state index is 0.210. The van der Waals surface area contributed by atoms with Gasteiger partial charge in [0.1, 0.15) is 5.56 Å². The molecular formula is C17H11F3N2O3S. The van der Waals surface area contributed by atoms with E-state index in [-0.39, 0.29) is 10.6 Å². The number of Topliss-reactive ketones (excluding diaryl/α,β-unsaturated/α-hetero) is 1. The molecule has 134 valence electrons. The first kappa shape index (κ1) is 18.0. The van der Waals surface area contributed by atoms with Gasteiger partial charge in [0.25, 0.3) is 0 Å². The maximum Gasteiger partial charge on any atom is 0.328 e. The molecule has 0 amide bonds. The van der Waals surface area contributed by atoms with E-state index in [9.17, 15) is 22.8 Å². The zero-order valence-electron chi connectivity index (χ0n) is 13.2. The summed E-state index contributed by atoms with van der Waals surface area (Å²) in [5, 5.41) is 7.43. The lowest BCUT2D eigenvalue weighted by Gasteiger charge is -2.23. The van der Waals surface area contributed by atoms with Crippen LogP contribution in [0.25, 0.3) is 0 Å². The summed E-state index contributed by atoms with van der Waals surface area (Å²) in [4.78, 5) is 23.6. The Balaban J connectivity index is 2.18. The lowest BCUT2D eigenvalue weighted by Crippen LogP contribution is -2.39. The Morgan fingerprint density at radius 2 is 1.81 bits per heavy atom. The molecule has 2 aromatic rings. The highest BCUT2D eigenvalue weighted by Gasteiger charge is 2.43. The molecule has 1 atom stereocenters. The first-order valence-electron chi connectivity index (χ1n) is 7.27. The van der Waals surface area contributed by atoms with E-state index in [2.05, 4.69) is 0 Å². The Morgan fingerprint density at radius 1 is 1.15 bits per heavy atom. The minimum Gasteiger partial charge on any atom is -0.422 e. The Hall–Kier alpha value is -2.81. The van der Waals surface area contributed by atoms with Crippen LogP contribution in [0.3, 0.4) is 0 Å². The van der Waals surface area contributed by atoms with Crippen molar-refractivity contribution in [2.45, 2.75) is 16.7 Å². The summed E-state index contributed by atoms with van der Waals surface area (Å²) in [6.45, 7) is 1.14. The highest BCUT2D eigenvalue weighted by atomic mass is 32.2. The molecule has 2 aromatic carbocycles. The van der Waals surface area contributed by atoms with Gasteiger partial charge >= 0.3 is 5.97 Å². The molecule has 1 aliphatic heterocycles. The highest BCUT2D eigenvalue weighted by Crippen LogP contribution is 2.43. The second-order valence-corrected chi connectivity index (χ2v) is 6.57. The first-order chi connectivity index (χ1) is 12.2. The molecule has 0 spiro atoms. The van der Waals surface area contributed by atoms with Gasteiger partial charge in [0.2, 0.25) is 0 Å². The molecule has 0 saturated heterocycles. The summed E-state index contributed by atoms with van der Waals surface area (Å²) in [7, 11) is 0. The number of ketones is 1. The fraction of sp³-hybridized carbons (Fsp3) is 0.118. The maximum atomic E-state index is 14.7. The Labute approximate surface area is 149 Å². The third-order valence-corrected chi connectivity index (χ3v) is 4.90. The number of rotatable bonds is 3. The van der Waals surface area contributed by atoms with Gasteiger partial charge in [-0.15, -0.1) is 0 Å². The molecule has 0 fully saturated rings. The molecule has 5 nitrogen and oxygen atoms in total. The zero-order valence-corrected chi connectivity index (χ0v) is 14.0. The smallest absolute Gasteiger partial charge is 0.328 e. The third-order valence-electron chi connectivity index (χ3n) is 3.75. The van der Waals surface area contributed by atoms with E-state index in [1.807, 2.05) is 0 Å². The molecule has 0 radical (unpaired) electrons. The monoisotopic (exact) mass is 380 g/mol. The molecule has 9 heteroatoms. The van der Waals surface area contributed by atoms with Crippen LogP contribution in [0.5, 0.6) is 5.75 Å². The zero-order chi connectivity index (χ0) is 19.2. The summed E-state index contributed by atoms with van der Waals surface area (Å²) in [6, 6.07) is 6.15. The molecule has 1 unspecified atom stereocenters. The number of fused-ring (bicyclic) bond motifs is 1. The second-order valence-electron chi connectivity index (χ2n) is 5.52. The van der Waals surface area contributed by atoms with Gasteiger partial charge in [0.05, 0.1) is 4.90 Å². The third kappa shape index (κ3) is 2.74. The molecule has 1 aliphatic rings. The lowest BCUT2D eigenvalue weighted by atomic mass is 9.90. The molecule has 26 heavy (non-hydrogen) atoms. The predicted octanol–water partition coefficient (Wildman–Crippen LogP) is 3.59. The van der Waals surface area contributed by atoms with Crippen molar-refractivity contribution >= 4 is 34.9 Å². The van der Waals surface area contributed by atoms with Crippen molar-refractivity contribution in [2.75, 3.05) is 5.73 Å². The molecule has 1 heterocycles. The lowest BCUT2D eigenvalue weighted by molar-refractivity contribution is -0.136.